The lowest BCUT2D eigenvalue weighted by molar-refractivity contribution is 0.0690. The van der Waals surface area contributed by atoms with Gasteiger partial charge < -0.3 is 5.11 Å². The zero-order valence-corrected chi connectivity index (χ0v) is 11.1. The average Bonchev–Trinajstić information content (AvgIpc) is 3.07. The van der Waals surface area contributed by atoms with Gasteiger partial charge in [0.05, 0.1) is 5.69 Å². The van der Waals surface area contributed by atoms with Crippen LogP contribution < -0.4 is 0 Å². The summed E-state index contributed by atoms with van der Waals surface area (Å²) in [5.74, 6) is -0.532. The predicted molar refractivity (Wildman–Crippen MR) is 70.2 cm³/mol. The second kappa shape index (κ2) is 4.24. The van der Waals surface area contributed by atoms with Gasteiger partial charge in [-0.1, -0.05) is 22.0 Å². The van der Waals surface area contributed by atoms with Gasteiger partial charge >= 0.3 is 5.97 Å². The van der Waals surface area contributed by atoms with Crippen molar-refractivity contribution in [3.8, 4) is 5.69 Å². The highest BCUT2D eigenvalue weighted by molar-refractivity contribution is 9.10. The molecule has 3 rings (SSSR count). The first-order valence-corrected chi connectivity index (χ1v) is 6.53. The molecule has 2 aromatic rings. The molecule has 1 aromatic carbocycles. The summed E-state index contributed by atoms with van der Waals surface area (Å²) in [6.45, 7) is 0. The Balaban J connectivity index is 2.12. The molecular formula is C13H11BrN2O2. The Labute approximate surface area is 112 Å². The quantitative estimate of drug-likeness (QED) is 0.947. The maximum Gasteiger partial charge on any atom is 0.356 e. The Morgan fingerprint density at radius 1 is 1.39 bits per heavy atom. The Morgan fingerprint density at radius 2 is 2.17 bits per heavy atom. The highest BCUT2D eigenvalue weighted by atomic mass is 79.9. The molecule has 0 atom stereocenters. The van der Waals surface area contributed by atoms with Crippen molar-refractivity contribution in [3.63, 3.8) is 0 Å². The fourth-order valence-corrected chi connectivity index (χ4v) is 2.37. The van der Waals surface area contributed by atoms with Crippen LogP contribution in [0.25, 0.3) is 5.69 Å². The molecule has 0 unspecified atom stereocenters. The highest BCUT2D eigenvalue weighted by Gasteiger charge is 2.29. The van der Waals surface area contributed by atoms with Gasteiger partial charge in [-0.2, -0.15) is 5.10 Å². The normalized spacial score (nSPS) is 14.7. The van der Waals surface area contributed by atoms with Crippen molar-refractivity contribution >= 4 is 21.9 Å². The van der Waals surface area contributed by atoms with Crippen LogP contribution in [-0.2, 0) is 0 Å². The first-order chi connectivity index (χ1) is 8.65. The molecule has 18 heavy (non-hydrogen) atoms. The summed E-state index contributed by atoms with van der Waals surface area (Å²) >= 11 is 3.41. The van der Waals surface area contributed by atoms with Gasteiger partial charge in [0.25, 0.3) is 0 Å². The van der Waals surface area contributed by atoms with Crippen molar-refractivity contribution in [1.82, 2.24) is 9.78 Å². The molecule has 0 spiro atoms. The van der Waals surface area contributed by atoms with Gasteiger partial charge in [-0.15, -0.1) is 0 Å². The van der Waals surface area contributed by atoms with Gasteiger partial charge in [0.15, 0.2) is 5.69 Å². The molecule has 1 aliphatic carbocycles. The molecule has 0 aliphatic heterocycles. The van der Waals surface area contributed by atoms with Gasteiger partial charge in [0, 0.05) is 16.1 Å². The third-order valence-electron chi connectivity index (χ3n) is 3.00. The van der Waals surface area contributed by atoms with Gasteiger partial charge in [-0.25, -0.2) is 9.48 Å². The molecule has 0 amide bonds. The van der Waals surface area contributed by atoms with Crippen LogP contribution in [-0.4, -0.2) is 20.9 Å². The van der Waals surface area contributed by atoms with Gasteiger partial charge in [0.1, 0.15) is 0 Å². The first kappa shape index (κ1) is 11.5. The van der Waals surface area contributed by atoms with Crippen molar-refractivity contribution < 1.29 is 9.90 Å². The number of carbonyl (C=O) groups is 1. The summed E-state index contributed by atoms with van der Waals surface area (Å²) in [7, 11) is 0. The second-order valence-electron chi connectivity index (χ2n) is 4.43. The zero-order valence-electron chi connectivity index (χ0n) is 9.51. The number of carboxylic acid groups (broad SMARTS) is 1. The maximum absolute atomic E-state index is 11.0. The summed E-state index contributed by atoms with van der Waals surface area (Å²) in [4.78, 5) is 11.0. The third kappa shape index (κ3) is 2.06. The van der Waals surface area contributed by atoms with Crippen molar-refractivity contribution in [2.75, 3.05) is 0 Å². The third-order valence-corrected chi connectivity index (χ3v) is 3.50. The van der Waals surface area contributed by atoms with Crippen LogP contribution in [0.2, 0.25) is 0 Å². The van der Waals surface area contributed by atoms with Crippen LogP contribution in [0.1, 0.15) is 34.9 Å². The number of hydrogen-bond donors (Lipinski definition) is 1. The van der Waals surface area contributed by atoms with Crippen molar-refractivity contribution in [3.05, 3.63) is 46.2 Å². The predicted octanol–water partition coefficient (Wildman–Crippen LogP) is 3.21. The van der Waals surface area contributed by atoms with E-state index < -0.39 is 5.97 Å². The number of halogens is 1. The van der Waals surface area contributed by atoms with Crippen LogP contribution in [0, 0.1) is 0 Å². The monoisotopic (exact) mass is 306 g/mol. The molecule has 1 N–H and O–H groups in total. The fraction of sp³-hybridized carbons (Fsp3) is 0.231. The molecule has 5 heteroatoms. The van der Waals surface area contributed by atoms with E-state index in [1.54, 1.807) is 10.7 Å². The molecule has 0 bridgehead atoms. The van der Waals surface area contributed by atoms with Crippen LogP contribution in [0.5, 0.6) is 0 Å². The molecule has 1 fully saturated rings. The molecule has 1 aliphatic rings. The van der Waals surface area contributed by atoms with Crippen LogP contribution >= 0.6 is 15.9 Å². The number of nitrogens with zero attached hydrogens (tertiary/aromatic N) is 2. The Bertz CT molecular complexity index is 617. The number of carboxylic acids is 1. The average molecular weight is 307 g/mol. The van der Waals surface area contributed by atoms with E-state index in [2.05, 4.69) is 21.0 Å². The summed E-state index contributed by atoms with van der Waals surface area (Å²) in [5, 5.41) is 13.2. The molecule has 1 aromatic heterocycles. The van der Waals surface area contributed by atoms with E-state index >= 15 is 0 Å². The van der Waals surface area contributed by atoms with E-state index in [1.807, 2.05) is 24.3 Å². The van der Waals surface area contributed by atoms with Crippen molar-refractivity contribution in [2.45, 2.75) is 18.8 Å². The van der Waals surface area contributed by atoms with Crippen LogP contribution in [0.3, 0.4) is 0 Å². The topological polar surface area (TPSA) is 55.1 Å². The van der Waals surface area contributed by atoms with E-state index in [0.717, 1.165) is 28.7 Å². The number of aromatic nitrogens is 2. The summed E-state index contributed by atoms with van der Waals surface area (Å²) < 4.78 is 2.69. The van der Waals surface area contributed by atoms with E-state index in [1.165, 1.54) is 0 Å². The van der Waals surface area contributed by atoms with Crippen molar-refractivity contribution in [1.29, 1.82) is 0 Å². The van der Waals surface area contributed by atoms with Gasteiger partial charge in [0.2, 0.25) is 0 Å². The first-order valence-electron chi connectivity index (χ1n) is 5.74. The van der Waals surface area contributed by atoms with E-state index in [4.69, 9.17) is 5.11 Å². The number of benzene rings is 1. The molecular weight excluding hydrogens is 296 g/mol. The van der Waals surface area contributed by atoms with Crippen LogP contribution in [0.15, 0.2) is 34.8 Å². The number of aromatic carboxylic acids is 1. The molecule has 0 saturated heterocycles. The molecule has 1 heterocycles. The Morgan fingerprint density at radius 3 is 2.78 bits per heavy atom. The minimum absolute atomic E-state index is 0.108. The highest BCUT2D eigenvalue weighted by Crippen LogP contribution is 2.41. The van der Waals surface area contributed by atoms with Gasteiger partial charge in [-0.05, 0) is 37.1 Å². The lowest BCUT2D eigenvalue weighted by Crippen LogP contribution is -2.03. The summed E-state index contributed by atoms with van der Waals surface area (Å²) in [6, 6.07) is 9.39. The van der Waals surface area contributed by atoms with Gasteiger partial charge in [-0.3, -0.25) is 0 Å². The number of hydrogen-bond acceptors (Lipinski definition) is 2. The van der Waals surface area contributed by atoms with Crippen molar-refractivity contribution in [2.24, 2.45) is 0 Å². The fourth-order valence-electron chi connectivity index (χ4n) is 1.98. The standard InChI is InChI=1S/C13H11BrN2O2/c14-9-2-1-3-10(6-9)16-12(8-4-5-8)7-11(15-16)13(17)18/h1-3,6-8H,4-5H2,(H,17,18). The zero-order chi connectivity index (χ0) is 12.7. The number of rotatable bonds is 3. The minimum Gasteiger partial charge on any atom is -0.476 e. The molecule has 0 radical (unpaired) electrons. The minimum atomic E-state index is -0.981. The lowest BCUT2D eigenvalue weighted by Gasteiger charge is -2.06. The van der Waals surface area contributed by atoms with E-state index in [-0.39, 0.29) is 5.69 Å². The summed E-state index contributed by atoms with van der Waals surface area (Å²) in [5.41, 5.74) is 1.99. The SMILES string of the molecule is O=C(O)c1cc(C2CC2)n(-c2cccc(Br)c2)n1. The summed E-state index contributed by atoms with van der Waals surface area (Å²) in [6.07, 6.45) is 2.22. The maximum atomic E-state index is 11.0. The van der Waals surface area contributed by atoms with E-state index in [0.29, 0.717) is 5.92 Å². The smallest absolute Gasteiger partial charge is 0.356 e. The largest absolute Gasteiger partial charge is 0.476 e. The van der Waals surface area contributed by atoms with E-state index in [9.17, 15) is 4.79 Å². The Kier molecular flexibility index (Phi) is 2.70. The Hall–Kier alpha value is -1.62. The molecule has 92 valence electrons. The lowest BCUT2D eigenvalue weighted by atomic mass is 10.2. The second-order valence-corrected chi connectivity index (χ2v) is 5.34. The molecule has 1 saturated carbocycles. The molecule has 4 nitrogen and oxygen atoms in total. The van der Waals surface area contributed by atoms with Crippen LogP contribution in [0.4, 0.5) is 0 Å².